The second-order valence-corrected chi connectivity index (χ2v) is 11.2. The quantitative estimate of drug-likeness (QED) is 0.0792. The molecule has 0 heterocycles. The Bertz CT molecular complexity index is 255. The fraction of sp³-hybridized carbons (Fsp3) is 1.00. The van der Waals surface area contributed by atoms with E-state index in [2.05, 4.69) is 22.6 Å². The second kappa shape index (κ2) is 19.6. The van der Waals surface area contributed by atoms with Crippen LogP contribution in [0.1, 0.15) is 96.3 Å². The third-order valence-corrected chi connectivity index (χ3v) is 8.64. The first-order valence-corrected chi connectivity index (χ1v) is 13.9. The van der Waals surface area contributed by atoms with Crippen LogP contribution in [0.4, 0.5) is 0 Å². The summed E-state index contributed by atoms with van der Waals surface area (Å²) in [5.41, 5.74) is 0. The Morgan fingerprint density at radius 2 is 0.760 bits per heavy atom. The average molecular weight is 487 g/mol. The fourth-order valence-corrected chi connectivity index (χ4v) is 5.63. The van der Waals surface area contributed by atoms with Gasteiger partial charge >= 0.3 is 8.80 Å². The van der Waals surface area contributed by atoms with E-state index in [0.29, 0.717) is 0 Å². The highest BCUT2D eigenvalue weighted by molar-refractivity contribution is 14.1. The van der Waals surface area contributed by atoms with Crippen molar-refractivity contribution in [1.29, 1.82) is 0 Å². The molecule has 152 valence electrons. The first-order chi connectivity index (χ1) is 12.2. The van der Waals surface area contributed by atoms with Crippen LogP contribution in [0.25, 0.3) is 0 Å². The van der Waals surface area contributed by atoms with Crippen molar-refractivity contribution >= 4 is 31.4 Å². The van der Waals surface area contributed by atoms with E-state index in [-0.39, 0.29) is 0 Å². The largest absolute Gasteiger partial charge is 0.500 e. The van der Waals surface area contributed by atoms with Crippen LogP contribution in [-0.4, -0.2) is 34.6 Å². The van der Waals surface area contributed by atoms with Gasteiger partial charge in [-0.05, 0) is 17.3 Å². The first kappa shape index (κ1) is 25.8. The summed E-state index contributed by atoms with van der Waals surface area (Å²) in [6.07, 6.45) is 20.9. The van der Waals surface area contributed by atoms with Gasteiger partial charge < -0.3 is 13.3 Å². The molecule has 0 amide bonds. The van der Waals surface area contributed by atoms with Gasteiger partial charge in [0.05, 0.1) is 0 Å². The lowest BCUT2D eigenvalue weighted by molar-refractivity contribution is 0.122. The molecule has 0 aromatic carbocycles. The maximum Gasteiger partial charge on any atom is 0.500 e. The van der Waals surface area contributed by atoms with Gasteiger partial charge in [-0.25, -0.2) is 0 Å². The highest BCUT2D eigenvalue weighted by atomic mass is 127. The normalized spacial score (nSPS) is 12.0. The van der Waals surface area contributed by atoms with Gasteiger partial charge in [0.15, 0.2) is 0 Å². The monoisotopic (exact) mass is 486 g/mol. The van der Waals surface area contributed by atoms with Crippen LogP contribution < -0.4 is 0 Å². The van der Waals surface area contributed by atoms with E-state index in [4.69, 9.17) is 13.3 Å². The zero-order chi connectivity index (χ0) is 18.6. The summed E-state index contributed by atoms with van der Waals surface area (Å²) in [4.78, 5) is 0. The number of hydrogen-bond donors (Lipinski definition) is 0. The van der Waals surface area contributed by atoms with Crippen molar-refractivity contribution in [3.05, 3.63) is 0 Å². The molecule has 0 bridgehead atoms. The summed E-state index contributed by atoms with van der Waals surface area (Å²) in [6, 6.07) is 0.939. The molecule has 0 rings (SSSR count). The van der Waals surface area contributed by atoms with Gasteiger partial charge in [0, 0.05) is 27.4 Å². The third-order valence-electron chi connectivity index (χ3n) is 5.05. The number of unbranched alkanes of at least 4 members (excludes halogenated alkanes) is 14. The van der Waals surface area contributed by atoms with Crippen LogP contribution >= 0.6 is 22.6 Å². The Labute approximate surface area is 172 Å². The van der Waals surface area contributed by atoms with Gasteiger partial charge in [-0.1, -0.05) is 106 Å². The number of rotatable bonds is 20. The first-order valence-electron chi connectivity index (χ1n) is 10.5. The SMILES string of the molecule is CO[Si](CCCCCCCCCCCCCCCCCI)(OC)OC. The number of halogens is 1. The highest BCUT2D eigenvalue weighted by Crippen LogP contribution is 2.18. The zero-order valence-corrected chi connectivity index (χ0v) is 20.3. The molecule has 0 aliphatic rings. The van der Waals surface area contributed by atoms with Crippen molar-refractivity contribution in [2.24, 2.45) is 0 Å². The standard InChI is InChI=1S/C20H43IO3Si/c1-22-25(23-2,24-3)20-18-16-14-12-10-8-6-4-5-7-9-11-13-15-17-19-21/h4-20H2,1-3H3. The van der Waals surface area contributed by atoms with Gasteiger partial charge in [-0.15, -0.1) is 0 Å². The van der Waals surface area contributed by atoms with E-state index in [1.165, 1.54) is 94.3 Å². The smallest absolute Gasteiger partial charge is 0.377 e. The Hall–Kier alpha value is 0.827. The van der Waals surface area contributed by atoms with E-state index in [0.717, 1.165) is 12.5 Å². The van der Waals surface area contributed by atoms with Crippen LogP contribution in [0.15, 0.2) is 0 Å². The minimum atomic E-state index is -2.32. The van der Waals surface area contributed by atoms with Crippen LogP contribution in [0, 0.1) is 0 Å². The summed E-state index contributed by atoms with van der Waals surface area (Å²) in [5, 5.41) is 0. The molecule has 0 unspecified atom stereocenters. The van der Waals surface area contributed by atoms with Crippen LogP contribution in [0.5, 0.6) is 0 Å². The number of hydrogen-bond acceptors (Lipinski definition) is 3. The molecule has 0 atom stereocenters. The van der Waals surface area contributed by atoms with Crippen molar-refractivity contribution in [2.45, 2.75) is 102 Å². The van der Waals surface area contributed by atoms with E-state index in [1.54, 1.807) is 21.3 Å². The molecular formula is C20H43IO3Si. The molecular weight excluding hydrogens is 443 g/mol. The predicted octanol–water partition coefficient (Wildman–Crippen LogP) is 7.15. The maximum atomic E-state index is 5.45. The van der Waals surface area contributed by atoms with Crippen molar-refractivity contribution in [3.63, 3.8) is 0 Å². The molecule has 0 N–H and O–H groups in total. The lowest BCUT2D eigenvalue weighted by Gasteiger charge is -2.24. The minimum absolute atomic E-state index is 0.939. The van der Waals surface area contributed by atoms with E-state index < -0.39 is 8.80 Å². The maximum absolute atomic E-state index is 5.45. The van der Waals surface area contributed by atoms with Gasteiger partial charge in [0.1, 0.15) is 0 Å². The Kier molecular flexibility index (Phi) is 20.2. The predicted molar refractivity (Wildman–Crippen MR) is 120 cm³/mol. The fourth-order valence-electron chi connectivity index (χ4n) is 3.29. The third kappa shape index (κ3) is 15.6. The topological polar surface area (TPSA) is 27.7 Å². The highest BCUT2D eigenvalue weighted by Gasteiger charge is 2.36. The summed E-state index contributed by atoms with van der Waals surface area (Å²) in [6.45, 7) is 0. The van der Waals surface area contributed by atoms with Gasteiger partial charge in [0.25, 0.3) is 0 Å². The van der Waals surface area contributed by atoms with E-state index in [1.807, 2.05) is 0 Å². The molecule has 0 saturated heterocycles. The van der Waals surface area contributed by atoms with Crippen molar-refractivity contribution in [1.82, 2.24) is 0 Å². The molecule has 0 spiro atoms. The molecule has 0 aromatic heterocycles. The summed E-state index contributed by atoms with van der Waals surface area (Å²) in [5.74, 6) is 0. The summed E-state index contributed by atoms with van der Waals surface area (Å²) >= 11 is 2.48. The Morgan fingerprint density at radius 1 is 0.480 bits per heavy atom. The Balaban J connectivity index is 3.21. The molecule has 25 heavy (non-hydrogen) atoms. The average Bonchev–Trinajstić information content (AvgIpc) is 2.65. The Morgan fingerprint density at radius 3 is 1.04 bits per heavy atom. The van der Waals surface area contributed by atoms with Gasteiger partial charge in [-0.2, -0.15) is 0 Å². The molecule has 0 saturated carbocycles. The van der Waals surface area contributed by atoms with Gasteiger partial charge in [0.2, 0.25) is 0 Å². The molecule has 0 aliphatic carbocycles. The van der Waals surface area contributed by atoms with Crippen molar-refractivity contribution in [3.8, 4) is 0 Å². The minimum Gasteiger partial charge on any atom is -0.377 e. The molecule has 0 fully saturated rings. The molecule has 0 aromatic rings. The van der Waals surface area contributed by atoms with Crippen molar-refractivity contribution in [2.75, 3.05) is 25.8 Å². The van der Waals surface area contributed by atoms with E-state index in [9.17, 15) is 0 Å². The second-order valence-electron chi connectivity index (χ2n) is 7.04. The lowest BCUT2D eigenvalue weighted by Crippen LogP contribution is -2.42. The van der Waals surface area contributed by atoms with Crippen molar-refractivity contribution < 1.29 is 13.3 Å². The van der Waals surface area contributed by atoms with Crippen LogP contribution in [0.3, 0.4) is 0 Å². The van der Waals surface area contributed by atoms with Crippen LogP contribution in [-0.2, 0) is 13.3 Å². The lowest BCUT2D eigenvalue weighted by atomic mass is 10.0. The van der Waals surface area contributed by atoms with E-state index >= 15 is 0 Å². The van der Waals surface area contributed by atoms with Crippen LogP contribution in [0.2, 0.25) is 6.04 Å². The molecule has 0 radical (unpaired) electrons. The molecule has 5 heteroatoms. The summed E-state index contributed by atoms with van der Waals surface area (Å²) in [7, 11) is 2.77. The molecule has 0 aliphatic heterocycles. The summed E-state index contributed by atoms with van der Waals surface area (Å²) < 4.78 is 17.7. The zero-order valence-electron chi connectivity index (χ0n) is 17.1. The molecule has 3 nitrogen and oxygen atoms in total. The number of alkyl halides is 1. The van der Waals surface area contributed by atoms with Gasteiger partial charge in [-0.3, -0.25) is 0 Å².